The summed E-state index contributed by atoms with van der Waals surface area (Å²) in [7, 11) is 0. The number of fused-ring (bicyclic) bond motifs is 7. The number of hydrogen-bond donors (Lipinski definition) is 1. The molecule has 1 unspecified atom stereocenters. The first-order valence-corrected chi connectivity index (χ1v) is 18.3. The van der Waals surface area contributed by atoms with Crippen molar-refractivity contribution in [2.24, 2.45) is 4.99 Å². The number of nitrogens with zero attached hydrogens (tertiary/aromatic N) is 3. The minimum Gasteiger partial charge on any atom is -0.434 e. The van der Waals surface area contributed by atoms with Crippen molar-refractivity contribution >= 4 is 49.4 Å². The molecule has 1 aliphatic heterocycles. The Bertz CT molecular complexity index is 3140. The third kappa shape index (κ3) is 4.86. The van der Waals surface area contributed by atoms with E-state index in [1.807, 2.05) is 30.3 Å². The second-order valence-corrected chi connectivity index (χ2v) is 13.8. The van der Waals surface area contributed by atoms with Gasteiger partial charge < -0.3 is 9.73 Å². The van der Waals surface area contributed by atoms with Gasteiger partial charge in [-0.3, -0.25) is 4.57 Å². The van der Waals surface area contributed by atoms with E-state index in [0.29, 0.717) is 5.89 Å². The molecule has 254 valence electrons. The smallest absolute Gasteiger partial charge is 0.227 e. The molecule has 0 fully saturated rings. The van der Waals surface area contributed by atoms with Crippen molar-refractivity contribution < 1.29 is 4.42 Å². The van der Waals surface area contributed by atoms with Crippen molar-refractivity contribution in [2.45, 2.75) is 6.29 Å². The predicted molar refractivity (Wildman–Crippen MR) is 219 cm³/mol. The summed E-state index contributed by atoms with van der Waals surface area (Å²) in [6.45, 7) is 0. The van der Waals surface area contributed by atoms with Gasteiger partial charge in [0, 0.05) is 21.6 Å². The summed E-state index contributed by atoms with van der Waals surface area (Å²) in [6.07, 6.45) is -0.467. The Morgan fingerprint density at radius 1 is 0.519 bits per heavy atom. The summed E-state index contributed by atoms with van der Waals surface area (Å²) in [6, 6.07) is 63.9. The Balaban J connectivity index is 1.10. The highest BCUT2D eigenvalue weighted by Crippen LogP contribution is 2.40. The van der Waals surface area contributed by atoms with Crippen LogP contribution >= 0.6 is 0 Å². The lowest BCUT2D eigenvalue weighted by atomic mass is 9.97. The third-order valence-corrected chi connectivity index (χ3v) is 10.7. The Labute approximate surface area is 310 Å². The Morgan fingerprint density at radius 2 is 1.22 bits per heavy atom. The molecule has 10 aromatic rings. The van der Waals surface area contributed by atoms with Crippen LogP contribution in [-0.2, 0) is 0 Å². The molecule has 5 heteroatoms. The van der Waals surface area contributed by atoms with Crippen molar-refractivity contribution in [3.05, 3.63) is 198 Å². The SMILES string of the molecule is c1ccc(-c2ccc3c(c2)c2ccc4nc(-c5ccccc5)oc4c2n3C2N=c3ccccc3=C(c3ccc(-c4cccc5ccccc45)cc3)N2)cc1. The zero-order valence-electron chi connectivity index (χ0n) is 29.1. The highest BCUT2D eigenvalue weighted by molar-refractivity contribution is 6.16. The van der Waals surface area contributed by atoms with E-state index in [0.717, 1.165) is 65.9 Å². The van der Waals surface area contributed by atoms with Crippen molar-refractivity contribution in [1.82, 2.24) is 14.9 Å². The monoisotopic (exact) mass is 692 g/mol. The van der Waals surface area contributed by atoms with Crippen molar-refractivity contribution in [1.29, 1.82) is 0 Å². The molecule has 11 rings (SSSR count). The topological polar surface area (TPSA) is 55.4 Å². The molecule has 0 saturated heterocycles. The summed E-state index contributed by atoms with van der Waals surface area (Å²) in [4.78, 5) is 10.4. The van der Waals surface area contributed by atoms with E-state index >= 15 is 0 Å². The van der Waals surface area contributed by atoms with Crippen LogP contribution in [0.3, 0.4) is 0 Å². The second kappa shape index (κ2) is 12.2. The largest absolute Gasteiger partial charge is 0.434 e. The lowest BCUT2D eigenvalue weighted by molar-refractivity contribution is 0.488. The number of benzene rings is 8. The van der Waals surface area contributed by atoms with Crippen LogP contribution in [0, 0.1) is 0 Å². The fraction of sp³-hybridized carbons (Fsp3) is 0.0204. The van der Waals surface area contributed by atoms with Gasteiger partial charge in [-0.2, -0.15) is 0 Å². The van der Waals surface area contributed by atoms with Gasteiger partial charge in [0.25, 0.3) is 0 Å². The molecule has 0 bridgehead atoms. The Kier molecular flexibility index (Phi) is 6.85. The number of para-hydroxylation sites is 1. The molecule has 8 aromatic carbocycles. The molecule has 1 N–H and O–H groups in total. The molecule has 0 aliphatic carbocycles. The third-order valence-electron chi connectivity index (χ3n) is 10.7. The van der Waals surface area contributed by atoms with Crippen LogP contribution in [0.25, 0.3) is 83.1 Å². The van der Waals surface area contributed by atoms with Gasteiger partial charge in [0.05, 0.1) is 22.1 Å². The van der Waals surface area contributed by atoms with Gasteiger partial charge in [-0.25, -0.2) is 9.98 Å². The van der Waals surface area contributed by atoms with Gasteiger partial charge >= 0.3 is 0 Å². The number of nitrogens with one attached hydrogen (secondary N) is 1. The maximum absolute atomic E-state index is 6.70. The summed E-state index contributed by atoms with van der Waals surface area (Å²) < 4.78 is 9.00. The van der Waals surface area contributed by atoms with Crippen LogP contribution < -0.4 is 15.9 Å². The van der Waals surface area contributed by atoms with Gasteiger partial charge in [-0.1, -0.05) is 140 Å². The molecule has 0 saturated carbocycles. The highest BCUT2D eigenvalue weighted by atomic mass is 16.3. The molecule has 54 heavy (non-hydrogen) atoms. The summed E-state index contributed by atoms with van der Waals surface area (Å²) in [5, 5.41) is 10.6. The summed E-state index contributed by atoms with van der Waals surface area (Å²) >= 11 is 0. The molecule has 2 aromatic heterocycles. The van der Waals surface area contributed by atoms with Crippen molar-refractivity contribution in [2.75, 3.05) is 0 Å². The lowest BCUT2D eigenvalue weighted by Crippen LogP contribution is -2.41. The van der Waals surface area contributed by atoms with E-state index in [-0.39, 0.29) is 0 Å². The van der Waals surface area contributed by atoms with E-state index in [2.05, 4.69) is 162 Å². The normalized spacial score (nSPS) is 14.0. The van der Waals surface area contributed by atoms with E-state index in [1.54, 1.807) is 0 Å². The van der Waals surface area contributed by atoms with E-state index < -0.39 is 6.29 Å². The van der Waals surface area contributed by atoms with Gasteiger partial charge in [0.2, 0.25) is 12.2 Å². The maximum Gasteiger partial charge on any atom is 0.227 e. The lowest BCUT2D eigenvalue weighted by Gasteiger charge is -2.25. The number of rotatable bonds is 5. The van der Waals surface area contributed by atoms with Crippen LogP contribution in [0.4, 0.5) is 0 Å². The maximum atomic E-state index is 6.70. The fourth-order valence-corrected chi connectivity index (χ4v) is 8.11. The molecule has 1 aliphatic rings. The first-order valence-electron chi connectivity index (χ1n) is 18.3. The van der Waals surface area contributed by atoms with Crippen LogP contribution in [0.1, 0.15) is 11.9 Å². The van der Waals surface area contributed by atoms with Crippen LogP contribution in [0.2, 0.25) is 0 Å². The van der Waals surface area contributed by atoms with Crippen LogP contribution in [-0.4, -0.2) is 9.55 Å². The van der Waals surface area contributed by atoms with Crippen molar-refractivity contribution in [3.8, 4) is 33.7 Å². The van der Waals surface area contributed by atoms with Gasteiger partial charge in [-0.15, -0.1) is 0 Å². The number of aromatic nitrogens is 2. The van der Waals surface area contributed by atoms with Gasteiger partial charge in [0.1, 0.15) is 5.52 Å². The predicted octanol–water partition coefficient (Wildman–Crippen LogP) is 10.6. The minimum absolute atomic E-state index is 0.467. The average molecular weight is 693 g/mol. The molecule has 0 amide bonds. The molecule has 3 heterocycles. The van der Waals surface area contributed by atoms with Gasteiger partial charge in [0.15, 0.2) is 5.58 Å². The second-order valence-electron chi connectivity index (χ2n) is 13.8. The number of hydrogen-bond acceptors (Lipinski definition) is 4. The fourth-order valence-electron chi connectivity index (χ4n) is 8.11. The zero-order valence-corrected chi connectivity index (χ0v) is 29.1. The van der Waals surface area contributed by atoms with E-state index in [1.165, 1.54) is 27.5 Å². The highest BCUT2D eigenvalue weighted by Gasteiger charge is 2.25. The quantitative estimate of drug-likeness (QED) is 0.195. The minimum atomic E-state index is -0.467. The van der Waals surface area contributed by atoms with E-state index in [4.69, 9.17) is 14.4 Å². The number of oxazole rings is 1. The van der Waals surface area contributed by atoms with E-state index in [9.17, 15) is 0 Å². The Morgan fingerprint density at radius 3 is 2.07 bits per heavy atom. The van der Waals surface area contributed by atoms with Crippen LogP contribution in [0.15, 0.2) is 191 Å². The molecule has 1 atom stereocenters. The molecule has 0 spiro atoms. The molecule has 0 radical (unpaired) electrons. The summed E-state index contributed by atoms with van der Waals surface area (Å²) in [5.41, 5.74) is 11.3. The first-order chi connectivity index (χ1) is 26.8. The van der Waals surface area contributed by atoms with Crippen LogP contribution in [0.5, 0.6) is 0 Å². The first kappa shape index (κ1) is 30.4. The standard InChI is InChI=1S/C49H32N4O/c1-3-12-31(13-4-1)36-26-29-44-41(30-36)39-27-28-43-47(54-48(50-43)35-15-5-2-6-16-35)46(39)53(44)49-51-42-21-10-9-19-40(42)45(52-49)34-24-22-33(23-25-34)38-20-11-17-32-14-7-8-18-37(32)38/h1-30,49,52H. The molecular formula is C49H32N4O. The summed E-state index contributed by atoms with van der Waals surface area (Å²) in [5.74, 6) is 0.595. The molecule has 5 nitrogen and oxygen atoms in total. The van der Waals surface area contributed by atoms with Crippen molar-refractivity contribution in [3.63, 3.8) is 0 Å². The van der Waals surface area contributed by atoms with Gasteiger partial charge in [-0.05, 0) is 81.1 Å². The average Bonchev–Trinajstić information content (AvgIpc) is 3.83. The molecular weight excluding hydrogens is 661 g/mol. The zero-order chi connectivity index (χ0) is 35.6. The Hall–Kier alpha value is -7.24.